The van der Waals surface area contributed by atoms with Crippen LogP contribution in [0.3, 0.4) is 0 Å². The van der Waals surface area contributed by atoms with Crippen molar-refractivity contribution in [3.8, 4) is 5.75 Å². The number of carbonyl (C=O) groups is 1. The van der Waals surface area contributed by atoms with Crippen LogP contribution in [0.2, 0.25) is 0 Å². The van der Waals surface area contributed by atoms with Gasteiger partial charge in [0.05, 0.1) is 4.90 Å². The van der Waals surface area contributed by atoms with Crippen LogP contribution in [0.15, 0.2) is 47.4 Å². The lowest BCUT2D eigenvalue weighted by Crippen LogP contribution is -2.63. The first kappa shape index (κ1) is 23.1. The monoisotopic (exact) mass is 451 g/mol. The SMILES string of the molecule is Cc1ccc(F)cc1COc1ccc(S(=O)(=O)N2CCN(C)C(C)C2C(=O)NO)cc1. The number of nitrogens with one attached hydrogen (secondary N) is 1. The lowest BCUT2D eigenvalue weighted by Gasteiger charge is -2.42. The van der Waals surface area contributed by atoms with Crippen LogP contribution in [-0.2, 0) is 21.4 Å². The Bertz CT molecular complexity index is 1050. The Morgan fingerprint density at radius 1 is 1.23 bits per heavy atom. The number of hydrogen-bond acceptors (Lipinski definition) is 6. The highest BCUT2D eigenvalue weighted by Gasteiger charge is 2.43. The van der Waals surface area contributed by atoms with Crippen molar-refractivity contribution in [3.63, 3.8) is 0 Å². The van der Waals surface area contributed by atoms with Gasteiger partial charge in [-0.3, -0.25) is 10.0 Å². The normalized spacial score (nSPS) is 20.4. The van der Waals surface area contributed by atoms with Gasteiger partial charge in [0, 0.05) is 19.1 Å². The largest absolute Gasteiger partial charge is 0.489 e. The highest BCUT2D eigenvalue weighted by molar-refractivity contribution is 7.89. The molecule has 2 unspecified atom stereocenters. The average molecular weight is 452 g/mol. The van der Waals surface area contributed by atoms with Gasteiger partial charge in [0.2, 0.25) is 10.0 Å². The molecule has 168 valence electrons. The smallest absolute Gasteiger partial charge is 0.263 e. The van der Waals surface area contributed by atoms with Gasteiger partial charge in [-0.25, -0.2) is 18.3 Å². The Labute approximate surface area is 181 Å². The molecule has 31 heavy (non-hydrogen) atoms. The fourth-order valence-electron chi connectivity index (χ4n) is 3.57. The topological polar surface area (TPSA) is 99.2 Å². The molecule has 0 spiro atoms. The molecule has 0 aromatic heterocycles. The molecule has 1 aliphatic rings. The van der Waals surface area contributed by atoms with E-state index >= 15 is 0 Å². The minimum absolute atomic E-state index is 0.00859. The third kappa shape index (κ3) is 4.87. The Morgan fingerprint density at radius 3 is 2.55 bits per heavy atom. The molecular formula is C21H26FN3O5S. The highest BCUT2D eigenvalue weighted by atomic mass is 32.2. The maximum absolute atomic E-state index is 13.4. The van der Waals surface area contributed by atoms with E-state index < -0.39 is 28.0 Å². The maximum atomic E-state index is 13.4. The number of rotatable bonds is 6. The first-order chi connectivity index (χ1) is 14.6. The molecule has 0 saturated carbocycles. The molecule has 2 aromatic rings. The lowest BCUT2D eigenvalue weighted by molar-refractivity contribution is -0.136. The Balaban J connectivity index is 1.78. The van der Waals surface area contributed by atoms with Gasteiger partial charge in [-0.15, -0.1) is 0 Å². The lowest BCUT2D eigenvalue weighted by atomic mass is 10.1. The first-order valence-electron chi connectivity index (χ1n) is 9.79. The quantitative estimate of drug-likeness (QED) is 0.514. The van der Waals surface area contributed by atoms with Crippen molar-refractivity contribution in [1.29, 1.82) is 0 Å². The van der Waals surface area contributed by atoms with Crippen LogP contribution < -0.4 is 10.2 Å². The van der Waals surface area contributed by atoms with Crippen molar-refractivity contribution in [1.82, 2.24) is 14.7 Å². The second-order valence-corrected chi connectivity index (χ2v) is 9.48. The predicted molar refractivity (Wildman–Crippen MR) is 112 cm³/mol. The molecule has 2 aromatic carbocycles. The van der Waals surface area contributed by atoms with Gasteiger partial charge in [0.1, 0.15) is 24.2 Å². The van der Waals surface area contributed by atoms with Crippen LogP contribution in [-0.4, -0.2) is 61.0 Å². The number of sulfonamides is 1. The zero-order valence-electron chi connectivity index (χ0n) is 17.6. The number of piperazine rings is 1. The van der Waals surface area contributed by atoms with Crippen molar-refractivity contribution in [2.45, 2.75) is 37.4 Å². The summed E-state index contributed by atoms with van der Waals surface area (Å²) >= 11 is 0. The van der Waals surface area contributed by atoms with E-state index in [0.717, 1.165) is 9.87 Å². The number of carbonyl (C=O) groups excluding carboxylic acids is 1. The molecule has 1 fully saturated rings. The third-order valence-electron chi connectivity index (χ3n) is 5.65. The second kappa shape index (κ2) is 9.31. The molecule has 0 radical (unpaired) electrons. The van der Waals surface area contributed by atoms with Gasteiger partial charge in [0.15, 0.2) is 0 Å². The Morgan fingerprint density at radius 2 is 1.90 bits per heavy atom. The standard InChI is InChI=1S/C21H26FN3O5S/c1-14-4-5-17(22)12-16(14)13-30-18-6-8-19(9-7-18)31(28,29)25-11-10-24(3)15(2)20(25)21(26)23-27/h4-9,12,15,20,27H,10-11,13H2,1-3H3,(H,23,26). The summed E-state index contributed by atoms with van der Waals surface area (Å²) in [5, 5.41) is 9.09. The summed E-state index contributed by atoms with van der Waals surface area (Å²) in [4.78, 5) is 14.1. The van der Waals surface area contributed by atoms with Gasteiger partial charge in [0.25, 0.3) is 5.91 Å². The molecule has 1 saturated heterocycles. The zero-order valence-corrected chi connectivity index (χ0v) is 18.4. The molecule has 2 N–H and O–H groups in total. The van der Waals surface area contributed by atoms with Gasteiger partial charge >= 0.3 is 0 Å². The van der Waals surface area contributed by atoms with Gasteiger partial charge in [-0.05, 0) is 68.4 Å². The zero-order chi connectivity index (χ0) is 22.8. The van der Waals surface area contributed by atoms with Gasteiger partial charge in [-0.1, -0.05) is 6.07 Å². The minimum Gasteiger partial charge on any atom is -0.489 e. The Kier molecular flexibility index (Phi) is 6.95. The number of nitrogens with zero attached hydrogens (tertiary/aromatic N) is 2. The van der Waals surface area contributed by atoms with E-state index in [1.165, 1.54) is 36.4 Å². The van der Waals surface area contributed by atoms with E-state index in [2.05, 4.69) is 0 Å². The molecule has 2 atom stereocenters. The fourth-order valence-corrected chi connectivity index (χ4v) is 5.21. The fraction of sp³-hybridized carbons (Fsp3) is 0.381. The molecule has 10 heteroatoms. The number of aryl methyl sites for hydroxylation is 1. The van der Waals surface area contributed by atoms with E-state index in [9.17, 15) is 17.6 Å². The number of halogens is 1. The molecule has 1 aliphatic heterocycles. The van der Waals surface area contributed by atoms with E-state index in [1.54, 1.807) is 25.5 Å². The summed E-state index contributed by atoms with van der Waals surface area (Å²) in [6.07, 6.45) is 0. The molecule has 0 bridgehead atoms. The summed E-state index contributed by atoms with van der Waals surface area (Å²) in [5.74, 6) is -0.708. The second-order valence-electron chi connectivity index (χ2n) is 7.59. The van der Waals surface area contributed by atoms with Gasteiger partial charge < -0.3 is 9.64 Å². The number of amides is 1. The minimum atomic E-state index is -3.99. The van der Waals surface area contributed by atoms with Crippen molar-refractivity contribution in [2.24, 2.45) is 0 Å². The van der Waals surface area contributed by atoms with E-state index in [4.69, 9.17) is 9.94 Å². The first-order valence-corrected chi connectivity index (χ1v) is 11.2. The molecule has 3 rings (SSSR count). The van der Waals surface area contributed by atoms with Crippen molar-refractivity contribution < 1.29 is 27.5 Å². The summed E-state index contributed by atoms with van der Waals surface area (Å²) in [7, 11) is -2.20. The maximum Gasteiger partial charge on any atom is 0.263 e. The molecule has 1 amide bonds. The highest BCUT2D eigenvalue weighted by Crippen LogP contribution is 2.26. The van der Waals surface area contributed by atoms with E-state index in [0.29, 0.717) is 17.9 Å². The van der Waals surface area contributed by atoms with Crippen LogP contribution in [0.1, 0.15) is 18.1 Å². The van der Waals surface area contributed by atoms with Crippen LogP contribution in [0.5, 0.6) is 5.75 Å². The summed E-state index contributed by atoms with van der Waals surface area (Å²) in [5.41, 5.74) is 3.15. The summed E-state index contributed by atoms with van der Waals surface area (Å²) in [6.45, 7) is 4.28. The third-order valence-corrected chi connectivity index (χ3v) is 7.55. The number of hydrogen-bond donors (Lipinski definition) is 2. The predicted octanol–water partition coefficient (Wildman–Crippen LogP) is 1.91. The number of hydroxylamine groups is 1. The van der Waals surface area contributed by atoms with E-state index in [1.807, 2.05) is 11.8 Å². The molecular weight excluding hydrogens is 425 g/mol. The molecule has 1 heterocycles. The summed E-state index contributed by atoms with van der Waals surface area (Å²) in [6, 6.07) is 8.79. The van der Waals surface area contributed by atoms with Crippen molar-refractivity contribution in [2.75, 3.05) is 20.1 Å². The van der Waals surface area contributed by atoms with Crippen LogP contribution in [0, 0.1) is 12.7 Å². The Hall–Kier alpha value is -2.53. The average Bonchev–Trinajstić information content (AvgIpc) is 2.75. The number of ether oxygens (including phenoxy) is 1. The molecule has 8 nitrogen and oxygen atoms in total. The van der Waals surface area contributed by atoms with Crippen LogP contribution in [0.4, 0.5) is 4.39 Å². The number of likely N-dealkylation sites (N-methyl/N-ethyl adjacent to an activating group) is 1. The van der Waals surface area contributed by atoms with Crippen LogP contribution in [0.25, 0.3) is 0 Å². The van der Waals surface area contributed by atoms with Crippen LogP contribution >= 0.6 is 0 Å². The van der Waals surface area contributed by atoms with Crippen molar-refractivity contribution >= 4 is 15.9 Å². The van der Waals surface area contributed by atoms with Gasteiger partial charge in [-0.2, -0.15) is 4.31 Å². The number of benzene rings is 2. The van der Waals surface area contributed by atoms with Crippen molar-refractivity contribution in [3.05, 3.63) is 59.4 Å². The van der Waals surface area contributed by atoms with E-state index in [-0.39, 0.29) is 23.9 Å². The molecule has 0 aliphatic carbocycles. The summed E-state index contributed by atoms with van der Waals surface area (Å²) < 4.78 is 46.6.